The van der Waals surface area contributed by atoms with Crippen molar-refractivity contribution in [3.8, 4) is 6.07 Å². The van der Waals surface area contributed by atoms with Crippen LogP contribution >= 0.6 is 0 Å². The Morgan fingerprint density at radius 1 is 1.06 bits per heavy atom. The van der Waals surface area contributed by atoms with Gasteiger partial charge in [0.2, 0.25) is 0 Å². The highest BCUT2D eigenvalue weighted by Crippen LogP contribution is 2.25. The van der Waals surface area contributed by atoms with E-state index < -0.39 is 11.7 Å². The first-order valence-electron chi connectivity index (χ1n) is 11.5. The van der Waals surface area contributed by atoms with Crippen molar-refractivity contribution >= 4 is 17.5 Å². The zero-order valence-corrected chi connectivity index (χ0v) is 19.8. The first-order chi connectivity index (χ1) is 16.9. The van der Waals surface area contributed by atoms with Crippen molar-refractivity contribution in [2.45, 2.75) is 26.4 Å². The van der Waals surface area contributed by atoms with E-state index in [-0.39, 0.29) is 11.9 Å². The van der Waals surface area contributed by atoms with Gasteiger partial charge in [0.1, 0.15) is 5.82 Å². The number of rotatable bonds is 5. The molecule has 1 heterocycles. The van der Waals surface area contributed by atoms with Crippen LogP contribution in [0, 0.1) is 24.1 Å². The monoisotopic (exact) mass is 470 g/mol. The van der Waals surface area contributed by atoms with Gasteiger partial charge in [0.05, 0.1) is 11.6 Å². The molecule has 0 aromatic heterocycles. The maximum Gasteiger partial charge on any atom is 0.255 e. The van der Waals surface area contributed by atoms with Crippen LogP contribution in [0.2, 0.25) is 0 Å². The van der Waals surface area contributed by atoms with E-state index in [4.69, 9.17) is 5.26 Å². The minimum absolute atomic E-state index is 0.0110. The Hall–Kier alpha value is -4.02. The highest BCUT2D eigenvalue weighted by atomic mass is 19.1. The van der Waals surface area contributed by atoms with E-state index in [0.717, 1.165) is 11.1 Å². The molecule has 0 bridgehead atoms. The molecule has 0 radical (unpaired) electrons. The van der Waals surface area contributed by atoms with Gasteiger partial charge in [-0.1, -0.05) is 24.3 Å². The average molecular weight is 471 g/mol. The number of hydrogen-bond donors (Lipinski definition) is 1. The van der Waals surface area contributed by atoms with E-state index >= 15 is 0 Å². The number of benzene rings is 3. The molecule has 4 rings (SSSR count). The van der Waals surface area contributed by atoms with Gasteiger partial charge in [-0.2, -0.15) is 5.26 Å². The number of anilines is 1. The van der Waals surface area contributed by atoms with Gasteiger partial charge < -0.3 is 10.2 Å². The fourth-order valence-electron chi connectivity index (χ4n) is 4.42. The summed E-state index contributed by atoms with van der Waals surface area (Å²) in [6, 6.07) is 20.5. The molecule has 0 aliphatic carbocycles. The summed E-state index contributed by atoms with van der Waals surface area (Å²) < 4.78 is 14.5. The van der Waals surface area contributed by atoms with Gasteiger partial charge in [-0.05, 0) is 67.4 Å². The Labute approximate surface area is 204 Å². The number of piperazine rings is 1. The molecule has 7 heteroatoms. The predicted octanol–water partition coefficient (Wildman–Crippen LogP) is 4.60. The standard InChI is InChI=1S/C28H27FN4O2/c1-19-17-32(11-12-33(19)28(35)22-8-4-3-5-9-22)18-24-14-25(29)15-26(20(24)2)31-27(34)23-10-6-7-21(13-23)16-30/h3-10,13-15,19H,11-12,17-18H2,1-2H3,(H,31,34). The number of carbonyl (C=O) groups excluding carboxylic acids is 2. The van der Waals surface area contributed by atoms with Crippen molar-refractivity contribution < 1.29 is 14.0 Å². The molecule has 178 valence electrons. The smallest absolute Gasteiger partial charge is 0.255 e. The van der Waals surface area contributed by atoms with Gasteiger partial charge >= 0.3 is 0 Å². The second-order valence-corrected chi connectivity index (χ2v) is 8.83. The second-order valence-electron chi connectivity index (χ2n) is 8.83. The van der Waals surface area contributed by atoms with E-state index in [1.54, 1.807) is 18.2 Å². The molecule has 0 saturated carbocycles. The summed E-state index contributed by atoms with van der Waals surface area (Å²) in [7, 11) is 0. The quantitative estimate of drug-likeness (QED) is 0.591. The van der Waals surface area contributed by atoms with Crippen LogP contribution in [-0.4, -0.2) is 47.3 Å². The van der Waals surface area contributed by atoms with Crippen LogP contribution in [0.25, 0.3) is 0 Å². The van der Waals surface area contributed by atoms with Crippen LogP contribution < -0.4 is 5.32 Å². The minimum Gasteiger partial charge on any atom is -0.333 e. The zero-order chi connectivity index (χ0) is 24.9. The predicted molar refractivity (Wildman–Crippen MR) is 132 cm³/mol. The third kappa shape index (κ3) is 5.56. The minimum atomic E-state index is -0.433. The molecular formula is C28H27FN4O2. The summed E-state index contributed by atoms with van der Waals surface area (Å²) >= 11 is 0. The fraction of sp³-hybridized carbons (Fsp3) is 0.250. The summed E-state index contributed by atoms with van der Waals surface area (Å²) in [5.74, 6) is -0.814. The van der Waals surface area contributed by atoms with Gasteiger partial charge in [-0.15, -0.1) is 0 Å². The highest BCUT2D eigenvalue weighted by Gasteiger charge is 2.28. The van der Waals surface area contributed by atoms with Gasteiger partial charge in [0.25, 0.3) is 11.8 Å². The van der Waals surface area contributed by atoms with Crippen molar-refractivity contribution in [3.63, 3.8) is 0 Å². The van der Waals surface area contributed by atoms with Gasteiger partial charge in [-0.25, -0.2) is 4.39 Å². The molecule has 1 fully saturated rings. The zero-order valence-electron chi connectivity index (χ0n) is 19.8. The third-order valence-corrected chi connectivity index (χ3v) is 6.37. The van der Waals surface area contributed by atoms with Gasteiger partial charge in [0, 0.05) is 49.0 Å². The number of carbonyl (C=O) groups is 2. The van der Waals surface area contributed by atoms with Gasteiger partial charge in [0.15, 0.2) is 0 Å². The Morgan fingerprint density at radius 2 is 1.80 bits per heavy atom. The van der Waals surface area contributed by atoms with E-state index in [2.05, 4.69) is 10.2 Å². The average Bonchev–Trinajstić information content (AvgIpc) is 2.87. The SMILES string of the molecule is Cc1c(CN2CCN(C(=O)c3ccccc3)C(C)C2)cc(F)cc1NC(=O)c1cccc(C#N)c1. The fourth-order valence-corrected chi connectivity index (χ4v) is 4.42. The molecular weight excluding hydrogens is 443 g/mol. The molecule has 3 aromatic carbocycles. The summed E-state index contributed by atoms with van der Waals surface area (Å²) in [5, 5.41) is 11.9. The summed E-state index contributed by atoms with van der Waals surface area (Å²) in [4.78, 5) is 29.7. The first-order valence-corrected chi connectivity index (χ1v) is 11.5. The largest absolute Gasteiger partial charge is 0.333 e. The van der Waals surface area contributed by atoms with E-state index in [1.165, 1.54) is 18.2 Å². The van der Waals surface area contributed by atoms with E-state index in [0.29, 0.717) is 48.6 Å². The number of nitrogens with one attached hydrogen (secondary N) is 1. The normalized spacial score (nSPS) is 15.9. The Balaban J connectivity index is 1.45. The number of amides is 2. The number of nitrogens with zero attached hydrogens (tertiary/aromatic N) is 3. The molecule has 1 unspecified atom stereocenters. The summed E-state index contributed by atoms with van der Waals surface area (Å²) in [6.45, 7) is 6.30. The maximum atomic E-state index is 14.5. The maximum absolute atomic E-state index is 14.5. The molecule has 1 saturated heterocycles. The van der Waals surface area contributed by atoms with Crippen molar-refractivity contribution in [2.24, 2.45) is 0 Å². The third-order valence-electron chi connectivity index (χ3n) is 6.37. The molecule has 0 spiro atoms. The Bertz CT molecular complexity index is 1290. The van der Waals surface area contributed by atoms with Crippen LogP contribution in [-0.2, 0) is 6.54 Å². The van der Waals surface area contributed by atoms with E-state index in [1.807, 2.05) is 55.1 Å². The van der Waals surface area contributed by atoms with Gasteiger partial charge in [-0.3, -0.25) is 14.5 Å². The highest BCUT2D eigenvalue weighted by molar-refractivity contribution is 6.05. The molecule has 1 atom stereocenters. The molecule has 1 N–H and O–H groups in total. The van der Waals surface area contributed by atoms with E-state index in [9.17, 15) is 14.0 Å². The lowest BCUT2D eigenvalue weighted by Crippen LogP contribution is -2.53. The number of halogens is 1. The molecule has 1 aliphatic rings. The molecule has 1 aliphatic heterocycles. The van der Waals surface area contributed by atoms with Crippen molar-refractivity contribution in [1.29, 1.82) is 5.26 Å². The molecule has 2 amide bonds. The molecule has 6 nitrogen and oxygen atoms in total. The topological polar surface area (TPSA) is 76.4 Å². The second kappa shape index (κ2) is 10.5. The van der Waals surface area contributed by atoms with Crippen molar-refractivity contribution in [1.82, 2.24) is 9.80 Å². The van der Waals surface area contributed by atoms with Crippen LogP contribution in [0.1, 0.15) is 44.3 Å². The lowest BCUT2D eigenvalue weighted by Gasteiger charge is -2.40. The molecule has 35 heavy (non-hydrogen) atoms. The summed E-state index contributed by atoms with van der Waals surface area (Å²) in [5.41, 5.74) is 3.36. The van der Waals surface area contributed by atoms with Crippen LogP contribution in [0.4, 0.5) is 10.1 Å². The van der Waals surface area contributed by atoms with Crippen molar-refractivity contribution in [2.75, 3.05) is 25.0 Å². The lowest BCUT2D eigenvalue weighted by atomic mass is 10.0. The Kier molecular flexibility index (Phi) is 7.23. The number of hydrogen-bond acceptors (Lipinski definition) is 4. The van der Waals surface area contributed by atoms with Crippen molar-refractivity contribution in [3.05, 3.63) is 100 Å². The van der Waals surface area contributed by atoms with Crippen LogP contribution in [0.3, 0.4) is 0 Å². The Morgan fingerprint density at radius 3 is 2.51 bits per heavy atom. The lowest BCUT2D eigenvalue weighted by molar-refractivity contribution is 0.0475. The molecule has 3 aromatic rings. The summed E-state index contributed by atoms with van der Waals surface area (Å²) in [6.07, 6.45) is 0. The van der Waals surface area contributed by atoms with Crippen LogP contribution in [0.15, 0.2) is 66.7 Å². The first kappa shape index (κ1) is 24.1. The number of nitriles is 1. The van der Waals surface area contributed by atoms with Crippen LogP contribution in [0.5, 0.6) is 0 Å².